The Balaban J connectivity index is 1.41. The quantitative estimate of drug-likeness (QED) is 0.724. The number of piperazine rings is 1. The third kappa shape index (κ3) is 3.75. The number of amides is 1. The molecule has 1 N–H and O–H groups in total. The van der Waals surface area contributed by atoms with Crippen LogP contribution in [0.2, 0.25) is 0 Å². The lowest BCUT2D eigenvalue weighted by atomic mass is 10.0. The minimum absolute atomic E-state index is 0.0940. The van der Waals surface area contributed by atoms with Crippen LogP contribution in [0.25, 0.3) is 10.9 Å². The molecule has 1 saturated carbocycles. The molecule has 2 aliphatic rings. The SMILES string of the molecule is COc1ccc2cc(C(=O)N3CCN(C4CC4)CC3Cc3ccccc3)[nH]c2c1. The van der Waals surface area contributed by atoms with Crippen LogP contribution in [-0.2, 0) is 6.42 Å². The standard InChI is InChI=1S/C24H27N3O2/c1-29-21-10-7-18-14-23(25-22(18)15-21)24(28)27-12-11-26(19-8-9-19)16-20(27)13-17-5-3-2-4-6-17/h2-7,10,14-15,19-20,25H,8-9,11-13,16H2,1H3. The van der Waals surface area contributed by atoms with E-state index in [4.69, 9.17) is 4.74 Å². The van der Waals surface area contributed by atoms with Crippen molar-refractivity contribution in [3.63, 3.8) is 0 Å². The van der Waals surface area contributed by atoms with Crippen LogP contribution in [0.15, 0.2) is 54.6 Å². The highest BCUT2D eigenvalue weighted by Crippen LogP contribution is 2.30. The van der Waals surface area contributed by atoms with E-state index in [0.29, 0.717) is 5.69 Å². The van der Waals surface area contributed by atoms with Crippen molar-refractivity contribution in [2.75, 3.05) is 26.7 Å². The monoisotopic (exact) mass is 389 g/mol. The zero-order valence-electron chi connectivity index (χ0n) is 16.8. The summed E-state index contributed by atoms with van der Waals surface area (Å²) >= 11 is 0. The highest BCUT2D eigenvalue weighted by molar-refractivity contribution is 5.98. The first-order valence-electron chi connectivity index (χ1n) is 10.5. The van der Waals surface area contributed by atoms with E-state index >= 15 is 0 Å². The fraction of sp³-hybridized carbons (Fsp3) is 0.375. The summed E-state index contributed by atoms with van der Waals surface area (Å²) in [5, 5.41) is 1.03. The van der Waals surface area contributed by atoms with E-state index in [-0.39, 0.29) is 11.9 Å². The van der Waals surface area contributed by atoms with E-state index in [1.807, 2.05) is 30.3 Å². The van der Waals surface area contributed by atoms with Gasteiger partial charge in [-0.05, 0) is 43.0 Å². The van der Waals surface area contributed by atoms with Crippen molar-refractivity contribution in [3.8, 4) is 5.75 Å². The van der Waals surface area contributed by atoms with Gasteiger partial charge in [0, 0.05) is 48.7 Å². The van der Waals surface area contributed by atoms with Crippen molar-refractivity contribution in [1.82, 2.24) is 14.8 Å². The Morgan fingerprint density at radius 1 is 1.10 bits per heavy atom. The number of carbonyl (C=O) groups excluding carboxylic acids is 1. The number of aromatic nitrogens is 1. The predicted octanol–water partition coefficient (Wildman–Crippen LogP) is 3.71. The molecule has 2 aromatic carbocycles. The molecule has 1 aliphatic heterocycles. The topological polar surface area (TPSA) is 48.6 Å². The van der Waals surface area contributed by atoms with E-state index in [0.717, 1.165) is 48.7 Å². The summed E-state index contributed by atoms with van der Waals surface area (Å²) in [5.74, 6) is 0.884. The summed E-state index contributed by atoms with van der Waals surface area (Å²) in [6, 6.07) is 19.3. The first-order valence-corrected chi connectivity index (χ1v) is 10.5. The summed E-state index contributed by atoms with van der Waals surface area (Å²) in [5.41, 5.74) is 2.88. The molecule has 2 heterocycles. The lowest BCUT2D eigenvalue weighted by Gasteiger charge is -2.41. The maximum Gasteiger partial charge on any atom is 0.270 e. The van der Waals surface area contributed by atoms with Crippen LogP contribution in [0, 0.1) is 0 Å². The van der Waals surface area contributed by atoms with Crippen molar-refractivity contribution in [1.29, 1.82) is 0 Å². The molecule has 0 bridgehead atoms. The van der Waals surface area contributed by atoms with Gasteiger partial charge < -0.3 is 14.6 Å². The molecule has 2 fully saturated rings. The first kappa shape index (κ1) is 18.3. The smallest absolute Gasteiger partial charge is 0.270 e. The van der Waals surface area contributed by atoms with Gasteiger partial charge in [0.15, 0.2) is 0 Å². The largest absolute Gasteiger partial charge is 0.497 e. The number of hydrogen-bond donors (Lipinski definition) is 1. The molecular formula is C24H27N3O2. The van der Waals surface area contributed by atoms with Crippen molar-refractivity contribution in [2.24, 2.45) is 0 Å². The third-order valence-corrected chi connectivity index (χ3v) is 6.21. The Labute approximate surface area is 171 Å². The van der Waals surface area contributed by atoms with Gasteiger partial charge in [-0.2, -0.15) is 0 Å². The van der Waals surface area contributed by atoms with Crippen LogP contribution in [0.1, 0.15) is 28.9 Å². The summed E-state index contributed by atoms with van der Waals surface area (Å²) in [6.45, 7) is 2.71. The highest BCUT2D eigenvalue weighted by atomic mass is 16.5. The molecule has 1 amide bonds. The number of ether oxygens (including phenoxy) is 1. The zero-order valence-corrected chi connectivity index (χ0v) is 16.8. The van der Waals surface area contributed by atoms with Crippen molar-refractivity contribution < 1.29 is 9.53 Å². The van der Waals surface area contributed by atoms with Crippen molar-refractivity contribution in [2.45, 2.75) is 31.3 Å². The molecule has 1 saturated heterocycles. The second-order valence-electron chi connectivity index (χ2n) is 8.20. The zero-order chi connectivity index (χ0) is 19.8. The molecule has 1 atom stereocenters. The Morgan fingerprint density at radius 2 is 1.93 bits per heavy atom. The van der Waals surface area contributed by atoms with Gasteiger partial charge in [0.05, 0.1) is 7.11 Å². The summed E-state index contributed by atoms with van der Waals surface area (Å²) in [4.78, 5) is 21.4. The summed E-state index contributed by atoms with van der Waals surface area (Å²) < 4.78 is 5.31. The molecule has 5 rings (SSSR count). The third-order valence-electron chi connectivity index (χ3n) is 6.21. The Bertz CT molecular complexity index is 1010. The van der Waals surface area contributed by atoms with E-state index in [1.165, 1.54) is 18.4 Å². The lowest BCUT2D eigenvalue weighted by Crippen LogP contribution is -2.56. The second kappa shape index (κ2) is 7.56. The molecule has 0 radical (unpaired) electrons. The summed E-state index contributed by atoms with van der Waals surface area (Å²) in [6.07, 6.45) is 3.50. The van der Waals surface area contributed by atoms with Crippen LogP contribution in [0.5, 0.6) is 5.75 Å². The first-order chi connectivity index (χ1) is 14.2. The van der Waals surface area contributed by atoms with Crippen LogP contribution in [0.4, 0.5) is 0 Å². The van der Waals surface area contributed by atoms with Gasteiger partial charge in [0.2, 0.25) is 0 Å². The number of rotatable bonds is 5. The maximum absolute atomic E-state index is 13.5. The van der Waals surface area contributed by atoms with Gasteiger partial charge in [-0.25, -0.2) is 0 Å². The number of fused-ring (bicyclic) bond motifs is 1. The molecule has 5 nitrogen and oxygen atoms in total. The Morgan fingerprint density at radius 3 is 2.69 bits per heavy atom. The molecular weight excluding hydrogens is 362 g/mol. The highest BCUT2D eigenvalue weighted by Gasteiger charge is 2.37. The summed E-state index contributed by atoms with van der Waals surface area (Å²) in [7, 11) is 1.66. The molecule has 3 aromatic rings. The fourth-order valence-electron chi connectivity index (χ4n) is 4.48. The average molecular weight is 389 g/mol. The minimum Gasteiger partial charge on any atom is -0.497 e. The number of aromatic amines is 1. The van der Waals surface area contributed by atoms with Gasteiger partial charge >= 0.3 is 0 Å². The molecule has 5 heteroatoms. The van der Waals surface area contributed by atoms with Crippen LogP contribution in [0.3, 0.4) is 0 Å². The van der Waals surface area contributed by atoms with Crippen LogP contribution in [-0.4, -0.2) is 59.5 Å². The van der Waals surface area contributed by atoms with E-state index in [2.05, 4.69) is 39.0 Å². The van der Waals surface area contributed by atoms with E-state index < -0.39 is 0 Å². The molecule has 150 valence electrons. The van der Waals surface area contributed by atoms with Crippen LogP contribution >= 0.6 is 0 Å². The van der Waals surface area contributed by atoms with Gasteiger partial charge in [-0.1, -0.05) is 30.3 Å². The maximum atomic E-state index is 13.5. The number of carbonyl (C=O) groups is 1. The Hall–Kier alpha value is -2.79. The van der Waals surface area contributed by atoms with Crippen molar-refractivity contribution >= 4 is 16.8 Å². The molecule has 1 aliphatic carbocycles. The van der Waals surface area contributed by atoms with E-state index in [1.54, 1.807) is 7.11 Å². The Kier molecular flexibility index (Phi) is 4.76. The van der Waals surface area contributed by atoms with Crippen molar-refractivity contribution in [3.05, 3.63) is 65.9 Å². The van der Waals surface area contributed by atoms with Gasteiger partial charge in [-0.3, -0.25) is 9.69 Å². The molecule has 29 heavy (non-hydrogen) atoms. The normalized spacial score (nSPS) is 20.2. The van der Waals surface area contributed by atoms with E-state index in [9.17, 15) is 4.79 Å². The predicted molar refractivity (Wildman–Crippen MR) is 114 cm³/mol. The molecule has 0 spiro atoms. The van der Waals surface area contributed by atoms with Gasteiger partial charge in [0.1, 0.15) is 11.4 Å². The lowest BCUT2D eigenvalue weighted by molar-refractivity contribution is 0.0432. The van der Waals surface area contributed by atoms with Gasteiger partial charge in [0.25, 0.3) is 5.91 Å². The average Bonchev–Trinajstić information content (AvgIpc) is 3.52. The minimum atomic E-state index is 0.0940. The fourth-order valence-corrected chi connectivity index (χ4v) is 4.48. The second-order valence-corrected chi connectivity index (χ2v) is 8.20. The number of benzene rings is 2. The number of H-pyrrole nitrogens is 1. The number of nitrogens with zero attached hydrogens (tertiary/aromatic N) is 2. The number of hydrogen-bond acceptors (Lipinski definition) is 3. The van der Waals surface area contributed by atoms with Gasteiger partial charge in [-0.15, -0.1) is 0 Å². The van der Waals surface area contributed by atoms with Crippen LogP contribution < -0.4 is 4.74 Å². The molecule has 1 aromatic heterocycles. The number of nitrogens with one attached hydrogen (secondary N) is 1. The molecule has 1 unspecified atom stereocenters. The number of methoxy groups -OCH3 is 1.